The number of hydrogen-bond acceptors (Lipinski definition) is 3. The Kier molecular flexibility index (Phi) is 4.64. The van der Waals surface area contributed by atoms with E-state index in [1.54, 1.807) is 30.3 Å². The van der Waals surface area contributed by atoms with Crippen molar-refractivity contribution >= 4 is 55.1 Å². The molecule has 0 atom stereocenters. The molecule has 2 rings (SSSR count). The number of anilines is 2. The lowest BCUT2D eigenvalue weighted by Gasteiger charge is -2.12. The lowest BCUT2D eigenvalue weighted by molar-refractivity contribution is 0.0695. The number of aromatic carboxylic acids is 1. The van der Waals surface area contributed by atoms with Gasteiger partial charge in [0.15, 0.2) is 0 Å². The average Bonchev–Trinajstić information content (AvgIpc) is 2.40. The van der Waals surface area contributed by atoms with E-state index in [0.717, 1.165) is 4.47 Å². The number of carboxylic acids is 1. The van der Waals surface area contributed by atoms with Gasteiger partial charge in [-0.3, -0.25) is 4.79 Å². The molecule has 0 aliphatic rings. The monoisotopic (exact) mass is 412 g/mol. The van der Waals surface area contributed by atoms with E-state index < -0.39 is 11.9 Å². The molecule has 1 amide bonds. The minimum absolute atomic E-state index is 0.121. The van der Waals surface area contributed by atoms with E-state index in [1.165, 1.54) is 6.07 Å². The fourth-order valence-electron chi connectivity index (χ4n) is 1.76. The maximum absolute atomic E-state index is 11.4. The topological polar surface area (TPSA) is 92.4 Å². The largest absolute Gasteiger partial charge is 0.478 e. The van der Waals surface area contributed by atoms with Crippen LogP contribution in [0.5, 0.6) is 0 Å². The molecule has 0 aliphatic carbocycles. The van der Waals surface area contributed by atoms with Gasteiger partial charge >= 0.3 is 5.97 Å². The van der Waals surface area contributed by atoms with Gasteiger partial charge in [0.25, 0.3) is 5.91 Å². The van der Waals surface area contributed by atoms with Crippen molar-refractivity contribution in [1.29, 1.82) is 0 Å². The van der Waals surface area contributed by atoms with Gasteiger partial charge in [0, 0.05) is 14.6 Å². The van der Waals surface area contributed by atoms with Gasteiger partial charge in [0.2, 0.25) is 0 Å². The number of halogens is 2. The van der Waals surface area contributed by atoms with Gasteiger partial charge in [-0.05, 0) is 52.3 Å². The molecule has 7 heteroatoms. The standard InChI is InChI=1S/C14H10Br2N2O3/c15-7-1-3-9(13(17)19)12(5-7)18-8-2-4-11(16)10(6-8)14(20)21/h1-6,18H,(H2,17,19)(H,20,21). The molecule has 0 fully saturated rings. The number of carbonyl (C=O) groups is 2. The molecular weight excluding hydrogens is 404 g/mol. The Morgan fingerprint density at radius 3 is 2.38 bits per heavy atom. The van der Waals surface area contributed by atoms with Crippen molar-refractivity contribution in [2.75, 3.05) is 5.32 Å². The fraction of sp³-hybridized carbons (Fsp3) is 0. The van der Waals surface area contributed by atoms with Crippen LogP contribution >= 0.6 is 31.9 Å². The van der Waals surface area contributed by atoms with Crippen molar-refractivity contribution in [2.24, 2.45) is 5.73 Å². The van der Waals surface area contributed by atoms with E-state index >= 15 is 0 Å². The van der Waals surface area contributed by atoms with Crippen molar-refractivity contribution in [1.82, 2.24) is 0 Å². The summed E-state index contributed by atoms with van der Waals surface area (Å²) in [6.45, 7) is 0. The van der Waals surface area contributed by atoms with Crippen LogP contribution in [0.25, 0.3) is 0 Å². The van der Waals surface area contributed by atoms with Gasteiger partial charge < -0.3 is 16.2 Å². The lowest BCUT2D eigenvalue weighted by atomic mass is 10.1. The summed E-state index contributed by atoms with van der Waals surface area (Å²) >= 11 is 6.49. The fourth-order valence-corrected chi connectivity index (χ4v) is 2.53. The molecule has 2 aromatic rings. The second-order valence-electron chi connectivity index (χ2n) is 4.18. The minimum Gasteiger partial charge on any atom is -0.478 e. The van der Waals surface area contributed by atoms with Gasteiger partial charge in [-0.2, -0.15) is 0 Å². The Hall–Kier alpha value is -1.86. The van der Waals surface area contributed by atoms with Crippen LogP contribution in [0.2, 0.25) is 0 Å². The normalized spacial score (nSPS) is 10.2. The maximum Gasteiger partial charge on any atom is 0.336 e. The predicted octanol–water partition coefficient (Wildman–Crippen LogP) is 3.75. The van der Waals surface area contributed by atoms with E-state index in [-0.39, 0.29) is 5.56 Å². The molecule has 5 nitrogen and oxygen atoms in total. The Morgan fingerprint density at radius 1 is 1.05 bits per heavy atom. The predicted molar refractivity (Wildman–Crippen MR) is 87.0 cm³/mol. The van der Waals surface area contributed by atoms with Crippen LogP contribution in [0.3, 0.4) is 0 Å². The molecule has 21 heavy (non-hydrogen) atoms. The average molecular weight is 414 g/mol. The van der Waals surface area contributed by atoms with Crippen LogP contribution in [0.4, 0.5) is 11.4 Å². The van der Waals surface area contributed by atoms with Crippen LogP contribution in [0.15, 0.2) is 45.3 Å². The van der Waals surface area contributed by atoms with Gasteiger partial charge in [-0.15, -0.1) is 0 Å². The zero-order valence-electron chi connectivity index (χ0n) is 10.6. The smallest absolute Gasteiger partial charge is 0.336 e. The zero-order chi connectivity index (χ0) is 15.6. The van der Waals surface area contributed by atoms with E-state index in [2.05, 4.69) is 37.2 Å². The van der Waals surface area contributed by atoms with E-state index in [4.69, 9.17) is 10.8 Å². The number of rotatable bonds is 4. The number of primary amides is 1. The minimum atomic E-state index is -1.05. The summed E-state index contributed by atoms with van der Waals surface area (Å²) < 4.78 is 1.25. The van der Waals surface area contributed by atoms with Crippen molar-refractivity contribution in [2.45, 2.75) is 0 Å². The quantitative estimate of drug-likeness (QED) is 0.711. The first-order valence-electron chi connectivity index (χ1n) is 5.77. The number of nitrogens with two attached hydrogens (primary N) is 1. The van der Waals surface area contributed by atoms with Gasteiger partial charge in [-0.1, -0.05) is 15.9 Å². The summed E-state index contributed by atoms with van der Waals surface area (Å²) in [4.78, 5) is 22.5. The summed E-state index contributed by atoms with van der Waals surface area (Å²) in [6, 6.07) is 9.78. The van der Waals surface area contributed by atoms with Crippen molar-refractivity contribution in [3.05, 3.63) is 56.5 Å². The molecule has 0 saturated carbocycles. The van der Waals surface area contributed by atoms with Crippen molar-refractivity contribution in [3.8, 4) is 0 Å². The molecule has 108 valence electrons. The molecule has 0 unspecified atom stereocenters. The van der Waals surface area contributed by atoms with Gasteiger partial charge in [-0.25, -0.2) is 4.79 Å². The van der Waals surface area contributed by atoms with Crippen LogP contribution < -0.4 is 11.1 Å². The summed E-state index contributed by atoms with van der Waals surface area (Å²) in [6.07, 6.45) is 0. The summed E-state index contributed by atoms with van der Waals surface area (Å²) in [7, 11) is 0. The van der Waals surface area contributed by atoms with Crippen molar-refractivity contribution in [3.63, 3.8) is 0 Å². The Labute approximate surface area is 137 Å². The Morgan fingerprint density at radius 2 is 1.76 bits per heavy atom. The Bertz CT molecular complexity index is 732. The highest BCUT2D eigenvalue weighted by atomic mass is 79.9. The molecule has 0 radical (unpaired) electrons. The number of hydrogen-bond donors (Lipinski definition) is 3. The highest BCUT2D eigenvalue weighted by Crippen LogP contribution is 2.27. The van der Waals surface area contributed by atoms with Crippen LogP contribution in [0, 0.1) is 0 Å². The molecule has 0 bridgehead atoms. The van der Waals surface area contributed by atoms with E-state index in [9.17, 15) is 9.59 Å². The highest BCUT2D eigenvalue weighted by molar-refractivity contribution is 9.10. The van der Waals surface area contributed by atoms with Crippen molar-refractivity contribution < 1.29 is 14.7 Å². The molecule has 0 aromatic heterocycles. The maximum atomic E-state index is 11.4. The molecule has 0 heterocycles. The Balaban J connectivity index is 2.43. The zero-order valence-corrected chi connectivity index (χ0v) is 13.7. The number of amides is 1. The first-order valence-corrected chi connectivity index (χ1v) is 7.36. The van der Waals surface area contributed by atoms with Crippen LogP contribution in [0.1, 0.15) is 20.7 Å². The second-order valence-corrected chi connectivity index (χ2v) is 5.95. The molecule has 0 saturated heterocycles. The molecule has 0 spiro atoms. The number of carbonyl (C=O) groups excluding carboxylic acids is 1. The van der Waals surface area contributed by atoms with E-state index in [0.29, 0.717) is 21.4 Å². The van der Waals surface area contributed by atoms with Crippen LogP contribution in [-0.2, 0) is 0 Å². The van der Waals surface area contributed by atoms with E-state index in [1.807, 2.05) is 0 Å². The summed E-state index contributed by atoms with van der Waals surface area (Å²) in [5, 5.41) is 12.1. The SMILES string of the molecule is NC(=O)c1ccc(Br)cc1Nc1ccc(Br)c(C(=O)O)c1. The molecule has 4 N–H and O–H groups in total. The number of carboxylic acid groups (broad SMARTS) is 1. The third-order valence-electron chi connectivity index (χ3n) is 2.72. The van der Waals surface area contributed by atoms with Gasteiger partial charge in [0.05, 0.1) is 16.8 Å². The highest BCUT2D eigenvalue weighted by Gasteiger charge is 2.12. The van der Waals surface area contributed by atoms with Crippen LogP contribution in [-0.4, -0.2) is 17.0 Å². The van der Waals surface area contributed by atoms with Gasteiger partial charge in [0.1, 0.15) is 0 Å². The lowest BCUT2D eigenvalue weighted by Crippen LogP contribution is -2.13. The number of nitrogens with one attached hydrogen (secondary N) is 1. The molecular formula is C14H10Br2N2O3. The molecule has 2 aromatic carbocycles. The third-order valence-corrected chi connectivity index (χ3v) is 3.91. The summed E-state index contributed by atoms with van der Waals surface area (Å²) in [5.74, 6) is -1.62. The number of benzene rings is 2. The third kappa shape index (κ3) is 3.62. The summed E-state index contributed by atoms with van der Waals surface area (Å²) in [5.41, 5.74) is 6.80. The first-order chi connectivity index (χ1) is 9.88. The molecule has 0 aliphatic heterocycles. The first kappa shape index (κ1) is 15.5. The second kappa shape index (κ2) is 6.28.